The van der Waals surface area contributed by atoms with Crippen LogP contribution < -0.4 is 4.72 Å². The van der Waals surface area contributed by atoms with E-state index in [-0.39, 0.29) is 4.90 Å². The summed E-state index contributed by atoms with van der Waals surface area (Å²) in [6, 6.07) is 8.72. The summed E-state index contributed by atoms with van der Waals surface area (Å²) in [5.74, 6) is -0.775. The molecule has 0 aliphatic carbocycles. The average Bonchev–Trinajstić information content (AvgIpc) is 2.38. The van der Waals surface area contributed by atoms with Crippen LogP contribution in [0.3, 0.4) is 0 Å². The summed E-state index contributed by atoms with van der Waals surface area (Å²) in [5.41, 5.74) is -0.458. The molecule has 0 heterocycles. The molecule has 0 fully saturated rings. The molecule has 2 rings (SSSR count). The van der Waals surface area contributed by atoms with Gasteiger partial charge in [0.25, 0.3) is 15.7 Å². The third-order valence-corrected chi connectivity index (χ3v) is 4.31. The maximum Gasteiger partial charge on any atom is 0.293 e. The van der Waals surface area contributed by atoms with E-state index in [2.05, 4.69) is 4.72 Å². The maximum atomic E-state index is 13.2. The van der Waals surface area contributed by atoms with Crippen LogP contribution in [0.25, 0.3) is 0 Å². The number of sulfonamides is 1. The van der Waals surface area contributed by atoms with E-state index in [1.807, 2.05) is 0 Å². The van der Waals surface area contributed by atoms with E-state index >= 15 is 0 Å². The molecule has 21 heavy (non-hydrogen) atoms. The van der Waals surface area contributed by atoms with E-state index in [1.165, 1.54) is 12.1 Å². The molecule has 0 spiro atoms. The fourth-order valence-corrected chi connectivity index (χ4v) is 3.12. The number of nitrogens with zero attached hydrogens (tertiary/aromatic N) is 1. The molecule has 6 nitrogen and oxygen atoms in total. The van der Waals surface area contributed by atoms with Crippen LogP contribution in [0.15, 0.2) is 47.4 Å². The van der Waals surface area contributed by atoms with E-state index < -0.39 is 32.1 Å². The van der Waals surface area contributed by atoms with Crippen molar-refractivity contribution in [3.63, 3.8) is 0 Å². The molecule has 1 N–H and O–H groups in total. The van der Waals surface area contributed by atoms with E-state index in [9.17, 15) is 22.9 Å². The molecule has 0 aromatic heterocycles. The second-order valence-electron chi connectivity index (χ2n) is 4.29. The van der Waals surface area contributed by atoms with Gasteiger partial charge < -0.3 is 0 Å². The predicted octanol–water partition coefficient (Wildman–Crippen LogP) is 2.84. The number of hydrogen-bond acceptors (Lipinski definition) is 4. The summed E-state index contributed by atoms with van der Waals surface area (Å²) in [6.07, 6.45) is 0. The molecule has 0 radical (unpaired) electrons. The van der Waals surface area contributed by atoms with Crippen LogP contribution in [-0.2, 0) is 10.0 Å². The fourth-order valence-electron chi connectivity index (χ4n) is 1.81. The molecule has 0 atom stereocenters. The van der Waals surface area contributed by atoms with Crippen molar-refractivity contribution in [2.45, 2.75) is 11.8 Å². The van der Waals surface area contributed by atoms with Crippen molar-refractivity contribution >= 4 is 21.4 Å². The highest BCUT2D eigenvalue weighted by molar-refractivity contribution is 7.92. The number of nitrogens with one attached hydrogen (secondary N) is 1. The predicted molar refractivity (Wildman–Crippen MR) is 75.0 cm³/mol. The van der Waals surface area contributed by atoms with Crippen molar-refractivity contribution < 1.29 is 17.7 Å². The second-order valence-corrected chi connectivity index (χ2v) is 5.94. The Balaban J connectivity index is 2.49. The lowest BCUT2D eigenvalue weighted by Gasteiger charge is -2.10. The first-order chi connectivity index (χ1) is 9.81. The smallest absolute Gasteiger partial charge is 0.273 e. The Labute approximate surface area is 120 Å². The first-order valence-corrected chi connectivity index (χ1v) is 7.32. The van der Waals surface area contributed by atoms with Gasteiger partial charge in [-0.2, -0.15) is 0 Å². The zero-order valence-corrected chi connectivity index (χ0v) is 11.7. The number of rotatable bonds is 4. The fraction of sp³-hybridized carbons (Fsp3) is 0.0769. The lowest BCUT2D eigenvalue weighted by atomic mass is 10.2. The number of nitro benzene ring substituents is 1. The minimum absolute atomic E-state index is 0.0245. The maximum absolute atomic E-state index is 13.2. The Morgan fingerprint density at radius 2 is 1.86 bits per heavy atom. The monoisotopic (exact) mass is 310 g/mol. The number of aryl methyl sites for hydroxylation is 1. The number of nitro groups is 1. The second kappa shape index (κ2) is 5.49. The summed E-state index contributed by atoms with van der Waals surface area (Å²) in [7, 11) is -4.04. The summed E-state index contributed by atoms with van der Waals surface area (Å²) < 4.78 is 39.8. The van der Waals surface area contributed by atoms with E-state index in [4.69, 9.17) is 0 Å². The van der Waals surface area contributed by atoms with Crippen LogP contribution in [0.1, 0.15) is 5.56 Å². The highest BCUT2D eigenvalue weighted by Gasteiger charge is 2.22. The Kier molecular flexibility index (Phi) is 3.90. The zero-order valence-electron chi connectivity index (χ0n) is 10.9. The van der Waals surface area contributed by atoms with Gasteiger partial charge in [-0.15, -0.1) is 0 Å². The van der Waals surface area contributed by atoms with Crippen LogP contribution in [0.5, 0.6) is 0 Å². The van der Waals surface area contributed by atoms with Crippen LogP contribution in [0.4, 0.5) is 15.8 Å². The van der Waals surface area contributed by atoms with Crippen molar-refractivity contribution in [2.75, 3.05) is 4.72 Å². The molecule has 0 bridgehead atoms. The Morgan fingerprint density at radius 3 is 2.48 bits per heavy atom. The Morgan fingerprint density at radius 1 is 1.19 bits per heavy atom. The average molecular weight is 310 g/mol. The van der Waals surface area contributed by atoms with Gasteiger partial charge in [-0.25, -0.2) is 12.8 Å². The van der Waals surface area contributed by atoms with Gasteiger partial charge in [-0.05, 0) is 24.6 Å². The van der Waals surface area contributed by atoms with E-state index in [0.29, 0.717) is 5.56 Å². The number of hydrogen-bond donors (Lipinski definition) is 1. The number of benzene rings is 2. The molecule has 8 heteroatoms. The lowest BCUT2D eigenvalue weighted by Crippen LogP contribution is -2.15. The van der Waals surface area contributed by atoms with Crippen molar-refractivity contribution in [3.05, 3.63) is 64.0 Å². The van der Waals surface area contributed by atoms with Crippen molar-refractivity contribution in [1.29, 1.82) is 0 Å². The molecule has 0 aliphatic rings. The molecule has 2 aromatic rings. The molecule has 0 aliphatic heterocycles. The molecular weight excluding hydrogens is 299 g/mol. The highest BCUT2D eigenvalue weighted by Crippen LogP contribution is 2.28. The van der Waals surface area contributed by atoms with E-state index in [0.717, 1.165) is 18.2 Å². The van der Waals surface area contributed by atoms with Gasteiger partial charge in [0, 0.05) is 12.1 Å². The van der Waals surface area contributed by atoms with Gasteiger partial charge in [-0.1, -0.05) is 18.2 Å². The van der Waals surface area contributed by atoms with Gasteiger partial charge in [0.15, 0.2) is 0 Å². The van der Waals surface area contributed by atoms with Crippen molar-refractivity contribution in [2.24, 2.45) is 0 Å². The topological polar surface area (TPSA) is 89.3 Å². The number of halogens is 1. The number of anilines is 1. The first kappa shape index (κ1) is 14.9. The normalized spacial score (nSPS) is 11.1. The third kappa shape index (κ3) is 3.16. The van der Waals surface area contributed by atoms with Gasteiger partial charge in [0.2, 0.25) is 0 Å². The van der Waals surface area contributed by atoms with Crippen molar-refractivity contribution in [3.8, 4) is 0 Å². The van der Waals surface area contributed by atoms with Crippen LogP contribution in [0.2, 0.25) is 0 Å². The molecule has 0 amide bonds. The molecule has 0 unspecified atom stereocenters. The summed E-state index contributed by atoms with van der Waals surface area (Å²) >= 11 is 0. The van der Waals surface area contributed by atoms with Gasteiger partial charge in [-0.3, -0.25) is 14.8 Å². The standard InChI is InChI=1S/C13H11FN2O4S/c1-9-4-2-3-5-13(9)21(19,20)15-11-8-10(14)6-7-12(11)16(17)18/h2-8,15H,1H3. The Hall–Kier alpha value is -2.48. The molecule has 0 saturated heterocycles. The van der Waals surface area contributed by atoms with E-state index in [1.54, 1.807) is 19.1 Å². The first-order valence-electron chi connectivity index (χ1n) is 5.83. The molecular formula is C13H11FN2O4S. The molecule has 0 saturated carbocycles. The highest BCUT2D eigenvalue weighted by atomic mass is 32.2. The van der Waals surface area contributed by atoms with Crippen molar-refractivity contribution in [1.82, 2.24) is 0 Å². The van der Waals surface area contributed by atoms with Crippen LogP contribution >= 0.6 is 0 Å². The van der Waals surface area contributed by atoms with Gasteiger partial charge >= 0.3 is 0 Å². The zero-order chi connectivity index (χ0) is 15.6. The van der Waals surface area contributed by atoms with Gasteiger partial charge in [0.05, 0.1) is 9.82 Å². The van der Waals surface area contributed by atoms with Crippen LogP contribution in [0, 0.1) is 22.9 Å². The van der Waals surface area contributed by atoms with Crippen LogP contribution in [-0.4, -0.2) is 13.3 Å². The molecule has 110 valence electrons. The summed E-state index contributed by atoms with van der Waals surface area (Å²) in [4.78, 5) is 10.1. The lowest BCUT2D eigenvalue weighted by molar-refractivity contribution is -0.383. The quantitative estimate of drug-likeness (QED) is 0.694. The third-order valence-electron chi connectivity index (χ3n) is 2.78. The largest absolute Gasteiger partial charge is 0.293 e. The summed E-state index contributed by atoms with van der Waals surface area (Å²) in [6.45, 7) is 1.59. The summed E-state index contributed by atoms with van der Waals surface area (Å²) in [5, 5.41) is 10.9. The minimum atomic E-state index is -4.04. The molecule has 2 aromatic carbocycles. The Bertz CT molecular complexity index is 806. The SMILES string of the molecule is Cc1ccccc1S(=O)(=O)Nc1cc(F)ccc1[N+](=O)[O-]. The minimum Gasteiger partial charge on any atom is -0.273 e. The van der Waals surface area contributed by atoms with Gasteiger partial charge in [0.1, 0.15) is 11.5 Å².